The fraction of sp³-hybridized carbons (Fsp3) is 0.353. The van der Waals surface area contributed by atoms with Crippen LogP contribution in [0.5, 0.6) is 0 Å². The van der Waals surface area contributed by atoms with Crippen LogP contribution in [-0.2, 0) is 19.5 Å². The van der Waals surface area contributed by atoms with Gasteiger partial charge in [-0.3, -0.25) is 0 Å². The van der Waals surface area contributed by atoms with Crippen molar-refractivity contribution in [3.8, 4) is 0 Å². The highest BCUT2D eigenvalue weighted by molar-refractivity contribution is 5.76. The lowest BCUT2D eigenvalue weighted by atomic mass is 10.1. The Morgan fingerprint density at radius 1 is 1.13 bits per heavy atom. The Balaban J connectivity index is 1.81. The number of aromatic nitrogens is 3. The van der Waals surface area contributed by atoms with E-state index >= 15 is 0 Å². The predicted molar refractivity (Wildman–Crippen MR) is 83.3 cm³/mol. The first-order valence-corrected chi connectivity index (χ1v) is 7.60. The first-order valence-electron chi connectivity index (χ1n) is 7.60. The molecule has 0 fully saturated rings. The lowest BCUT2D eigenvalue weighted by Gasteiger charge is -2.08. The Labute approximate surface area is 132 Å². The second kappa shape index (κ2) is 6.10. The van der Waals surface area contributed by atoms with Gasteiger partial charge in [-0.2, -0.15) is 13.2 Å². The van der Waals surface area contributed by atoms with E-state index in [2.05, 4.69) is 28.7 Å². The van der Waals surface area contributed by atoms with Gasteiger partial charge in [0.15, 0.2) is 0 Å². The molecule has 0 saturated heterocycles. The van der Waals surface area contributed by atoms with Crippen molar-refractivity contribution in [1.29, 1.82) is 0 Å². The zero-order valence-electron chi connectivity index (χ0n) is 12.8. The molecule has 0 atom stereocenters. The number of halogens is 3. The number of benzene rings is 1. The van der Waals surface area contributed by atoms with Crippen molar-refractivity contribution in [2.45, 2.75) is 39.0 Å². The summed E-state index contributed by atoms with van der Waals surface area (Å²) in [5, 5.41) is 0. The van der Waals surface area contributed by atoms with Gasteiger partial charge in [0.1, 0.15) is 0 Å². The van der Waals surface area contributed by atoms with Crippen molar-refractivity contribution in [2.75, 3.05) is 0 Å². The molecular formula is C17H18F3N3. The monoisotopic (exact) mass is 321 g/mol. The zero-order chi connectivity index (χ0) is 16.4. The average Bonchev–Trinajstić information content (AvgIpc) is 3.05. The number of hydrogen-bond acceptors (Lipinski definition) is 1. The molecule has 3 rings (SSSR count). The number of aryl methyl sites for hydroxylation is 1. The third-order valence-corrected chi connectivity index (χ3v) is 3.76. The summed E-state index contributed by atoms with van der Waals surface area (Å²) in [6, 6.07) is 6.83. The van der Waals surface area contributed by atoms with Crippen molar-refractivity contribution >= 4 is 11.0 Å². The molecule has 0 unspecified atom stereocenters. The number of hydrogen-bond donors (Lipinski definition) is 0. The third-order valence-electron chi connectivity index (χ3n) is 3.76. The molecule has 0 N–H and O–H groups in total. The average molecular weight is 321 g/mol. The van der Waals surface area contributed by atoms with Gasteiger partial charge in [-0.05, 0) is 35.7 Å². The number of fused-ring (bicyclic) bond motifs is 1. The molecule has 122 valence electrons. The second-order valence-electron chi connectivity index (χ2n) is 5.75. The molecule has 0 aliphatic carbocycles. The molecule has 0 radical (unpaired) electrons. The molecule has 2 heterocycles. The van der Waals surface area contributed by atoms with E-state index in [0.717, 1.165) is 18.4 Å². The zero-order valence-corrected chi connectivity index (χ0v) is 12.8. The minimum absolute atomic E-state index is 0.237. The third kappa shape index (κ3) is 3.75. The fourth-order valence-corrected chi connectivity index (χ4v) is 2.75. The Kier molecular flexibility index (Phi) is 4.15. The molecule has 0 aliphatic heterocycles. The maximum Gasteiger partial charge on any atom is 0.393 e. The maximum atomic E-state index is 12.5. The highest BCUT2D eigenvalue weighted by Crippen LogP contribution is 2.23. The molecule has 0 amide bonds. The molecule has 2 aromatic heterocycles. The van der Waals surface area contributed by atoms with Gasteiger partial charge in [-0.25, -0.2) is 4.98 Å². The van der Waals surface area contributed by atoms with Crippen LogP contribution in [0.2, 0.25) is 0 Å². The molecule has 1 aromatic carbocycles. The lowest BCUT2D eigenvalue weighted by Crippen LogP contribution is -2.11. The van der Waals surface area contributed by atoms with Crippen LogP contribution in [0.4, 0.5) is 13.2 Å². The Morgan fingerprint density at radius 3 is 2.70 bits per heavy atom. The predicted octanol–water partition coefficient (Wildman–Crippen LogP) is 4.40. The number of nitrogens with zero attached hydrogens (tertiary/aromatic N) is 3. The van der Waals surface area contributed by atoms with Gasteiger partial charge < -0.3 is 9.13 Å². The summed E-state index contributed by atoms with van der Waals surface area (Å²) in [5.41, 5.74) is 2.94. The minimum Gasteiger partial charge on any atom is -0.336 e. The van der Waals surface area contributed by atoms with E-state index in [4.69, 9.17) is 0 Å². The van der Waals surface area contributed by atoms with Crippen LogP contribution in [0.15, 0.2) is 43.0 Å². The molecule has 6 heteroatoms. The molecule has 0 saturated carbocycles. The first-order chi connectivity index (χ1) is 10.9. The minimum atomic E-state index is -4.20. The number of imidazole rings is 1. The second-order valence-corrected chi connectivity index (χ2v) is 5.75. The van der Waals surface area contributed by atoms with E-state index < -0.39 is 12.6 Å². The lowest BCUT2D eigenvalue weighted by molar-refractivity contribution is -0.127. The maximum absolute atomic E-state index is 12.5. The highest BCUT2D eigenvalue weighted by Gasteiger charge is 2.27. The van der Waals surface area contributed by atoms with Crippen LogP contribution in [0.3, 0.4) is 0 Å². The van der Waals surface area contributed by atoms with Crippen molar-refractivity contribution in [3.05, 3.63) is 54.1 Å². The normalized spacial score (nSPS) is 12.2. The molecule has 0 bridgehead atoms. The van der Waals surface area contributed by atoms with Gasteiger partial charge in [0.2, 0.25) is 0 Å². The van der Waals surface area contributed by atoms with Crippen LogP contribution in [0, 0.1) is 0 Å². The van der Waals surface area contributed by atoms with E-state index in [9.17, 15) is 13.2 Å². The van der Waals surface area contributed by atoms with Gasteiger partial charge >= 0.3 is 6.18 Å². The molecule has 0 spiro atoms. The van der Waals surface area contributed by atoms with E-state index in [-0.39, 0.29) is 5.56 Å². The highest BCUT2D eigenvalue weighted by atomic mass is 19.4. The van der Waals surface area contributed by atoms with Crippen LogP contribution in [-0.4, -0.2) is 20.3 Å². The molecule has 23 heavy (non-hydrogen) atoms. The largest absolute Gasteiger partial charge is 0.393 e. The quantitative estimate of drug-likeness (QED) is 0.683. The van der Waals surface area contributed by atoms with Crippen molar-refractivity contribution in [1.82, 2.24) is 14.1 Å². The van der Waals surface area contributed by atoms with Gasteiger partial charge in [-0.15, -0.1) is 0 Å². The van der Waals surface area contributed by atoms with Crippen LogP contribution in [0.1, 0.15) is 24.5 Å². The summed E-state index contributed by atoms with van der Waals surface area (Å²) in [5.74, 6) is 0. The van der Waals surface area contributed by atoms with E-state index in [0.29, 0.717) is 12.2 Å². The molecular weight excluding hydrogens is 303 g/mol. The van der Waals surface area contributed by atoms with Crippen molar-refractivity contribution in [3.63, 3.8) is 0 Å². The van der Waals surface area contributed by atoms with Gasteiger partial charge in [-0.1, -0.05) is 19.4 Å². The van der Waals surface area contributed by atoms with Crippen LogP contribution < -0.4 is 0 Å². The summed E-state index contributed by atoms with van der Waals surface area (Å²) in [7, 11) is 0. The fourth-order valence-electron chi connectivity index (χ4n) is 2.75. The van der Waals surface area contributed by atoms with E-state index in [1.165, 1.54) is 17.7 Å². The molecule has 0 aliphatic rings. The molecule has 3 nitrogen and oxygen atoms in total. The van der Waals surface area contributed by atoms with Gasteiger partial charge in [0, 0.05) is 12.4 Å². The van der Waals surface area contributed by atoms with E-state index in [1.54, 1.807) is 12.4 Å². The Morgan fingerprint density at radius 2 is 1.96 bits per heavy atom. The van der Waals surface area contributed by atoms with E-state index in [1.807, 2.05) is 10.8 Å². The number of rotatable bonds is 5. The first kappa shape index (κ1) is 15.6. The topological polar surface area (TPSA) is 22.8 Å². The Bertz CT molecular complexity index is 799. The van der Waals surface area contributed by atoms with Gasteiger partial charge in [0.25, 0.3) is 0 Å². The van der Waals surface area contributed by atoms with Crippen LogP contribution in [0.25, 0.3) is 11.0 Å². The van der Waals surface area contributed by atoms with Crippen molar-refractivity contribution < 1.29 is 13.2 Å². The summed E-state index contributed by atoms with van der Waals surface area (Å²) < 4.78 is 41.4. The standard InChI is InChI=1S/C17H18F3N3/c1-2-3-13-6-7-22(10-13)12-23-11-21-15-8-14(4-5-16(15)23)9-17(18,19)20/h4-8,10-11H,2-3,9,12H2,1H3. The van der Waals surface area contributed by atoms with Crippen LogP contribution >= 0.6 is 0 Å². The summed E-state index contributed by atoms with van der Waals surface area (Å²) >= 11 is 0. The van der Waals surface area contributed by atoms with Crippen molar-refractivity contribution in [2.24, 2.45) is 0 Å². The van der Waals surface area contributed by atoms with Gasteiger partial charge in [0.05, 0.1) is 30.5 Å². The summed E-state index contributed by atoms with van der Waals surface area (Å²) in [6.07, 6.45) is 2.78. The SMILES string of the molecule is CCCc1ccn(Cn2cnc3cc(CC(F)(F)F)ccc32)c1. The number of alkyl halides is 3. The Hall–Kier alpha value is -2.24. The summed E-state index contributed by atoms with van der Waals surface area (Å²) in [6.45, 7) is 2.73. The molecule has 3 aromatic rings. The summed E-state index contributed by atoms with van der Waals surface area (Å²) in [4.78, 5) is 4.23. The smallest absolute Gasteiger partial charge is 0.336 e.